The Morgan fingerprint density at radius 2 is 1.89 bits per heavy atom. The van der Waals surface area contributed by atoms with Crippen LogP contribution in [0.15, 0.2) is 36.5 Å². The van der Waals surface area contributed by atoms with Crippen LogP contribution in [0.25, 0.3) is 16.6 Å². The summed E-state index contributed by atoms with van der Waals surface area (Å²) in [5.41, 5.74) is 0.599. The second-order valence-corrected chi connectivity index (χ2v) is 6.91. The highest BCUT2D eigenvalue weighted by Crippen LogP contribution is 2.25. The molecule has 1 aliphatic rings. The lowest BCUT2D eigenvalue weighted by molar-refractivity contribution is -0.162. The van der Waals surface area contributed by atoms with E-state index in [1.807, 2.05) is 30.3 Å². The maximum Gasteiger partial charge on any atom is 0.335 e. The minimum Gasteiger partial charge on any atom is -0.479 e. The van der Waals surface area contributed by atoms with Crippen LogP contribution >= 0.6 is 0 Å². The molecule has 4 rings (SSSR count). The molecule has 0 atom stereocenters. The fourth-order valence-electron chi connectivity index (χ4n) is 3.47. The Bertz CT molecular complexity index is 1060. The Kier molecular flexibility index (Phi) is 4.31. The van der Waals surface area contributed by atoms with Gasteiger partial charge in [-0.15, -0.1) is 5.10 Å². The highest BCUT2D eigenvalue weighted by Gasteiger charge is 2.41. The van der Waals surface area contributed by atoms with Gasteiger partial charge < -0.3 is 15.1 Å². The van der Waals surface area contributed by atoms with Gasteiger partial charge in [-0.25, -0.2) is 9.48 Å². The number of carbonyl (C=O) groups is 2. The number of likely N-dealkylation sites (tertiary alicyclic amines) is 1. The standard InChI is InChI=1S/C19H19N5O4/c1-12-16(17(25)23-10-7-19(28,8-11-23)18(26)27)21-22-24(12)15-6-2-5-14-13(15)4-3-9-20-14/h2-6,9,28H,7-8,10-11H2,1H3,(H,26,27). The molecule has 28 heavy (non-hydrogen) atoms. The van der Waals surface area contributed by atoms with Gasteiger partial charge in [0.05, 0.1) is 16.9 Å². The molecule has 1 saturated heterocycles. The van der Waals surface area contributed by atoms with Gasteiger partial charge in [0, 0.05) is 37.5 Å². The zero-order valence-electron chi connectivity index (χ0n) is 15.2. The van der Waals surface area contributed by atoms with Crippen molar-refractivity contribution in [1.82, 2.24) is 24.9 Å². The minimum atomic E-state index is -1.78. The molecule has 1 amide bonds. The summed E-state index contributed by atoms with van der Waals surface area (Å²) in [6.07, 6.45) is 1.68. The molecule has 3 heterocycles. The summed E-state index contributed by atoms with van der Waals surface area (Å²) >= 11 is 0. The van der Waals surface area contributed by atoms with Crippen molar-refractivity contribution in [2.45, 2.75) is 25.4 Å². The van der Waals surface area contributed by atoms with Crippen molar-refractivity contribution in [3.05, 3.63) is 47.9 Å². The van der Waals surface area contributed by atoms with Crippen LogP contribution in [0.2, 0.25) is 0 Å². The van der Waals surface area contributed by atoms with Gasteiger partial charge in [-0.3, -0.25) is 9.78 Å². The fraction of sp³-hybridized carbons (Fsp3) is 0.316. The predicted molar refractivity (Wildman–Crippen MR) is 99.1 cm³/mol. The Labute approximate surface area is 160 Å². The van der Waals surface area contributed by atoms with E-state index in [9.17, 15) is 14.7 Å². The lowest BCUT2D eigenvalue weighted by atomic mass is 9.91. The molecule has 1 aliphatic heterocycles. The summed E-state index contributed by atoms with van der Waals surface area (Å²) < 4.78 is 1.61. The molecule has 2 aromatic heterocycles. The second kappa shape index (κ2) is 6.68. The number of carbonyl (C=O) groups excluding carboxylic acids is 1. The molecule has 2 N–H and O–H groups in total. The number of aliphatic carboxylic acids is 1. The molecule has 3 aromatic rings. The SMILES string of the molecule is Cc1c(C(=O)N2CCC(O)(C(=O)O)CC2)nnn1-c1cccc2ncccc12. The highest BCUT2D eigenvalue weighted by atomic mass is 16.4. The molecule has 9 nitrogen and oxygen atoms in total. The van der Waals surface area contributed by atoms with E-state index in [1.54, 1.807) is 17.8 Å². The van der Waals surface area contributed by atoms with E-state index < -0.39 is 11.6 Å². The van der Waals surface area contributed by atoms with Gasteiger partial charge in [-0.1, -0.05) is 11.3 Å². The quantitative estimate of drug-likeness (QED) is 0.698. The van der Waals surface area contributed by atoms with Crippen molar-refractivity contribution in [3.8, 4) is 5.69 Å². The predicted octanol–water partition coefficient (Wildman–Crippen LogP) is 1.18. The number of benzene rings is 1. The smallest absolute Gasteiger partial charge is 0.335 e. The largest absolute Gasteiger partial charge is 0.479 e. The zero-order valence-corrected chi connectivity index (χ0v) is 15.2. The summed E-state index contributed by atoms with van der Waals surface area (Å²) in [5.74, 6) is -1.58. The zero-order chi connectivity index (χ0) is 19.9. The first-order valence-electron chi connectivity index (χ1n) is 8.92. The summed E-state index contributed by atoms with van der Waals surface area (Å²) in [6.45, 7) is 2.05. The van der Waals surface area contributed by atoms with Gasteiger partial charge in [0.1, 0.15) is 0 Å². The Hall–Kier alpha value is -3.33. The normalized spacial score (nSPS) is 16.3. The third kappa shape index (κ3) is 2.89. The molecule has 0 saturated carbocycles. The molecule has 0 radical (unpaired) electrons. The van der Waals surface area contributed by atoms with Crippen LogP contribution < -0.4 is 0 Å². The summed E-state index contributed by atoms with van der Waals surface area (Å²) in [6, 6.07) is 9.41. The van der Waals surface area contributed by atoms with Gasteiger partial charge in [0.2, 0.25) is 0 Å². The monoisotopic (exact) mass is 381 g/mol. The number of hydrogen-bond donors (Lipinski definition) is 2. The maximum absolute atomic E-state index is 12.9. The van der Waals surface area contributed by atoms with Gasteiger partial charge >= 0.3 is 5.97 Å². The first kappa shape index (κ1) is 18.1. The topological polar surface area (TPSA) is 121 Å². The average Bonchev–Trinajstić information content (AvgIpc) is 3.08. The summed E-state index contributed by atoms with van der Waals surface area (Å²) in [4.78, 5) is 29.9. The number of piperidine rings is 1. The molecule has 1 fully saturated rings. The van der Waals surface area contributed by atoms with Crippen molar-refractivity contribution >= 4 is 22.8 Å². The third-order valence-corrected chi connectivity index (χ3v) is 5.22. The average molecular weight is 381 g/mol. The molecule has 144 valence electrons. The molecular formula is C19H19N5O4. The Morgan fingerprint density at radius 1 is 1.14 bits per heavy atom. The Morgan fingerprint density at radius 3 is 2.61 bits per heavy atom. The van der Waals surface area contributed by atoms with Crippen molar-refractivity contribution in [2.75, 3.05) is 13.1 Å². The van der Waals surface area contributed by atoms with Gasteiger partial charge in [-0.05, 0) is 31.2 Å². The number of amides is 1. The number of carboxylic acid groups (broad SMARTS) is 1. The molecule has 9 heteroatoms. The number of aliphatic hydroxyl groups is 1. The number of rotatable bonds is 3. The number of nitrogens with zero attached hydrogens (tertiary/aromatic N) is 5. The molecule has 0 spiro atoms. The Balaban J connectivity index is 1.62. The van der Waals surface area contributed by atoms with Crippen molar-refractivity contribution in [3.63, 3.8) is 0 Å². The van der Waals surface area contributed by atoms with Gasteiger partial charge in [0.15, 0.2) is 11.3 Å². The van der Waals surface area contributed by atoms with E-state index in [2.05, 4.69) is 15.3 Å². The first-order chi connectivity index (χ1) is 13.4. The van der Waals surface area contributed by atoms with Crippen LogP contribution in [0, 0.1) is 6.92 Å². The number of carboxylic acids is 1. The maximum atomic E-state index is 12.9. The van der Waals surface area contributed by atoms with E-state index in [4.69, 9.17) is 5.11 Å². The van der Waals surface area contributed by atoms with E-state index >= 15 is 0 Å². The van der Waals surface area contributed by atoms with Crippen LogP contribution in [0.3, 0.4) is 0 Å². The number of hydrogen-bond acceptors (Lipinski definition) is 6. The van der Waals surface area contributed by atoms with Crippen molar-refractivity contribution in [1.29, 1.82) is 0 Å². The van der Waals surface area contributed by atoms with E-state index in [-0.39, 0.29) is 37.5 Å². The number of pyridine rings is 1. The minimum absolute atomic E-state index is 0.0176. The number of fused-ring (bicyclic) bond motifs is 1. The molecule has 0 aliphatic carbocycles. The molecule has 0 bridgehead atoms. The van der Waals surface area contributed by atoms with Crippen LogP contribution in [0.5, 0.6) is 0 Å². The van der Waals surface area contributed by atoms with Crippen molar-refractivity contribution in [2.24, 2.45) is 0 Å². The lowest BCUT2D eigenvalue weighted by Crippen LogP contribution is -2.51. The summed E-state index contributed by atoms with van der Waals surface area (Å²) in [7, 11) is 0. The van der Waals surface area contributed by atoms with Gasteiger partial charge in [-0.2, -0.15) is 0 Å². The number of aromatic nitrogens is 4. The van der Waals surface area contributed by atoms with E-state index in [0.29, 0.717) is 5.69 Å². The van der Waals surface area contributed by atoms with Crippen LogP contribution in [0.4, 0.5) is 0 Å². The fourth-order valence-corrected chi connectivity index (χ4v) is 3.47. The molecule has 1 aromatic carbocycles. The molecule has 0 unspecified atom stereocenters. The third-order valence-electron chi connectivity index (χ3n) is 5.22. The lowest BCUT2D eigenvalue weighted by Gasteiger charge is -2.35. The van der Waals surface area contributed by atoms with Crippen molar-refractivity contribution < 1.29 is 19.8 Å². The highest BCUT2D eigenvalue weighted by molar-refractivity contribution is 5.94. The van der Waals surface area contributed by atoms with E-state index in [1.165, 1.54) is 4.90 Å². The van der Waals surface area contributed by atoms with Crippen LogP contribution in [-0.4, -0.2) is 65.7 Å². The van der Waals surface area contributed by atoms with Gasteiger partial charge in [0.25, 0.3) is 5.91 Å². The second-order valence-electron chi connectivity index (χ2n) is 6.91. The van der Waals surface area contributed by atoms with Crippen LogP contribution in [-0.2, 0) is 4.79 Å². The first-order valence-corrected chi connectivity index (χ1v) is 8.92. The summed E-state index contributed by atoms with van der Waals surface area (Å²) in [5, 5.41) is 28.3. The molecular weight excluding hydrogens is 362 g/mol. The van der Waals surface area contributed by atoms with Crippen LogP contribution in [0.1, 0.15) is 29.0 Å². The van der Waals surface area contributed by atoms with E-state index in [0.717, 1.165) is 16.6 Å².